The minimum atomic E-state index is 0.0249. The molecule has 1 aromatic carbocycles. The van der Waals surface area contributed by atoms with Gasteiger partial charge >= 0.3 is 0 Å². The van der Waals surface area contributed by atoms with Crippen LogP contribution in [0.5, 0.6) is 5.75 Å². The average molecular weight is 276 g/mol. The quantitative estimate of drug-likeness (QED) is 0.896. The molecule has 20 heavy (non-hydrogen) atoms. The molecular formula is C16H24N2O2. The molecule has 0 spiro atoms. The van der Waals surface area contributed by atoms with Crippen LogP contribution < -0.4 is 10.5 Å². The van der Waals surface area contributed by atoms with E-state index in [1.54, 1.807) is 4.90 Å². The van der Waals surface area contributed by atoms with E-state index in [2.05, 4.69) is 19.9 Å². The second-order valence-electron chi connectivity index (χ2n) is 5.52. The highest BCUT2D eigenvalue weighted by Gasteiger charge is 2.24. The van der Waals surface area contributed by atoms with Crippen LogP contribution in [0.1, 0.15) is 38.2 Å². The van der Waals surface area contributed by atoms with E-state index in [1.165, 1.54) is 5.56 Å². The van der Waals surface area contributed by atoms with Crippen LogP contribution in [0.3, 0.4) is 0 Å². The molecule has 2 atom stereocenters. The topological polar surface area (TPSA) is 55.6 Å². The van der Waals surface area contributed by atoms with Crippen LogP contribution in [-0.2, 0) is 4.79 Å². The molecule has 0 saturated carbocycles. The number of carbonyl (C=O) groups excluding carboxylic acids is 1. The Morgan fingerprint density at radius 2 is 2.25 bits per heavy atom. The third-order valence-electron chi connectivity index (χ3n) is 3.99. The molecule has 2 rings (SSSR count). The highest BCUT2D eigenvalue weighted by Crippen LogP contribution is 2.28. The van der Waals surface area contributed by atoms with Gasteiger partial charge < -0.3 is 15.4 Å². The lowest BCUT2D eigenvalue weighted by molar-refractivity contribution is -0.132. The van der Waals surface area contributed by atoms with Crippen LogP contribution in [0.15, 0.2) is 24.3 Å². The number of hydrogen-bond acceptors (Lipinski definition) is 3. The molecule has 1 unspecified atom stereocenters. The van der Waals surface area contributed by atoms with Gasteiger partial charge in [-0.05, 0) is 30.4 Å². The van der Waals surface area contributed by atoms with Crippen molar-refractivity contribution in [2.24, 2.45) is 5.73 Å². The van der Waals surface area contributed by atoms with E-state index >= 15 is 0 Å². The molecule has 1 amide bonds. The summed E-state index contributed by atoms with van der Waals surface area (Å²) in [6.45, 7) is 5.81. The highest BCUT2D eigenvalue weighted by molar-refractivity contribution is 5.78. The maximum atomic E-state index is 12.1. The number of ether oxygens (including phenoxy) is 1. The smallest absolute Gasteiger partial charge is 0.260 e. The van der Waals surface area contributed by atoms with Crippen molar-refractivity contribution in [1.29, 1.82) is 0 Å². The van der Waals surface area contributed by atoms with Gasteiger partial charge in [0, 0.05) is 19.1 Å². The first-order chi connectivity index (χ1) is 9.61. The first kappa shape index (κ1) is 14.9. The van der Waals surface area contributed by atoms with E-state index in [0.717, 1.165) is 25.1 Å². The van der Waals surface area contributed by atoms with E-state index in [-0.39, 0.29) is 18.6 Å². The largest absolute Gasteiger partial charge is 0.483 e. The fourth-order valence-corrected chi connectivity index (χ4v) is 2.48. The summed E-state index contributed by atoms with van der Waals surface area (Å²) in [7, 11) is 0. The Morgan fingerprint density at radius 1 is 1.50 bits per heavy atom. The van der Waals surface area contributed by atoms with Gasteiger partial charge in [-0.2, -0.15) is 0 Å². The molecule has 1 heterocycles. The first-order valence-corrected chi connectivity index (χ1v) is 7.37. The molecule has 0 bridgehead atoms. The average Bonchev–Trinajstić information content (AvgIpc) is 2.91. The van der Waals surface area contributed by atoms with Gasteiger partial charge in [-0.3, -0.25) is 4.79 Å². The van der Waals surface area contributed by atoms with Crippen molar-refractivity contribution in [2.45, 2.75) is 38.6 Å². The maximum Gasteiger partial charge on any atom is 0.260 e. The summed E-state index contributed by atoms with van der Waals surface area (Å²) in [4.78, 5) is 13.8. The van der Waals surface area contributed by atoms with Gasteiger partial charge in [0.1, 0.15) is 5.75 Å². The molecule has 1 aliphatic heterocycles. The van der Waals surface area contributed by atoms with Crippen LogP contribution >= 0.6 is 0 Å². The van der Waals surface area contributed by atoms with E-state index in [4.69, 9.17) is 10.5 Å². The summed E-state index contributed by atoms with van der Waals surface area (Å²) in [5.41, 5.74) is 6.98. The number of likely N-dealkylation sites (tertiary alicyclic amines) is 1. The van der Waals surface area contributed by atoms with Crippen LogP contribution in [0.4, 0.5) is 0 Å². The minimum absolute atomic E-state index is 0.0249. The van der Waals surface area contributed by atoms with Crippen molar-refractivity contribution in [2.75, 3.05) is 19.7 Å². The van der Waals surface area contributed by atoms with E-state index in [9.17, 15) is 4.79 Å². The zero-order valence-electron chi connectivity index (χ0n) is 12.3. The summed E-state index contributed by atoms with van der Waals surface area (Å²) >= 11 is 0. The third kappa shape index (κ3) is 3.51. The SMILES string of the molecule is CCC(C)c1ccccc1OCC(=O)N1CC[C@H](N)C1. The summed E-state index contributed by atoms with van der Waals surface area (Å²) in [6.07, 6.45) is 1.94. The Balaban J connectivity index is 1.95. The first-order valence-electron chi connectivity index (χ1n) is 7.37. The van der Waals surface area contributed by atoms with Crippen LogP contribution in [0, 0.1) is 0 Å². The minimum Gasteiger partial charge on any atom is -0.483 e. The summed E-state index contributed by atoms with van der Waals surface area (Å²) < 4.78 is 5.74. The van der Waals surface area contributed by atoms with E-state index in [1.807, 2.05) is 18.2 Å². The van der Waals surface area contributed by atoms with Crippen molar-refractivity contribution < 1.29 is 9.53 Å². The van der Waals surface area contributed by atoms with Crippen molar-refractivity contribution in [3.05, 3.63) is 29.8 Å². The highest BCUT2D eigenvalue weighted by atomic mass is 16.5. The van der Waals surface area contributed by atoms with Crippen molar-refractivity contribution in [1.82, 2.24) is 4.90 Å². The van der Waals surface area contributed by atoms with Gasteiger partial charge in [-0.1, -0.05) is 32.0 Å². The normalized spacial score (nSPS) is 19.9. The maximum absolute atomic E-state index is 12.1. The molecule has 4 heteroatoms. The number of rotatable bonds is 5. The van der Waals surface area contributed by atoms with Gasteiger partial charge in [-0.15, -0.1) is 0 Å². The Labute approximate surface area is 120 Å². The van der Waals surface area contributed by atoms with Gasteiger partial charge in [0.15, 0.2) is 6.61 Å². The van der Waals surface area contributed by atoms with Gasteiger partial charge in [-0.25, -0.2) is 0 Å². The Kier molecular flexibility index (Phi) is 5.01. The standard InChI is InChI=1S/C16H24N2O2/c1-3-12(2)14-6-4-5-7-15(14)20-11-16(19)18-9-8-13(17)10-18/h4-7,12-13H,3,8-11,17H2,1-2H3/t12?,13-/m0/s1. The molecule has 1 fully saturated rings. The molecule has 0 aromatic heterocycles. The number of benzene rings is 1. The second-order valence-corrected chi connectivity index (χ2v) is 5.52. The van der Waals surface area contributed by atoms with Crippen LogP contribution in [0.2, 0.25) is 0 Å². The van der Waals surface area contributed by atoms with Crippen LogP contribution in [-0.4, -0.2) is 36.5 Å². The number of para-hydroxylation sites is 1. The molecule has 1 aliphatic rings. The summed E-state index contributed by atoms with van der Waals surface area (Å²) in [6, 6.07) is 8.07. The van der Waals surface area contributed by atoms with Gasteiger partial charge in [0.05, 0.1) is 0 Å². The zero-order valence-corrected chi connectivity index (χ0v) is 12.3. The fourth-order valence-electron chi connectivity index (χ4n) is 2.48. The predicted molar refractivity (Wildman–Crippen MR) is 79.8 cm³/mol. The molecule has 110 valence electrons. The molecule has 2 N–H and O–H groups in total. The number of hydrogen-bond donors (Lipinski definition) is 1. The van der Waals surface area contributed by atoms with Gasteiger partial charge in [0.25, 0.3) is 5.91 Å². The Morgan fingerprint density at radius 3 is 2.90 bits per heavy atom. The molecule has 1 aromatic rings. The molecule has 0 radical (unpaired) electrons. The number of amides is 1. The Bertz CT molecular complexity index is 462. The molecular weight excluding hydrogens is 252 g/mol. The van der Waals surface area contributed by atoms with E-state index < -0.39 is 0 Å². The number of nitrogens with zero attached hydrogens (tertiary/aromatic N) is 1. The predicted octanol–water partition coefficient (Wildman–Crippen LogP) is 2.14. The lowest BCUT2D eigenvalue weighted by Gasteiger charge is -2.18. The lowest BCUT2D eigenvalue weighted by Crippen LogP contribution is -2.35. The fraction of sp³-hybridized carbons (Fsp3) is 0.562. The monoisotopic (exact) mass is 276 g/mol. The second kappa shape index (κ2) is 6.75. The van der Waals surface area contributed by atoms with Crippen molar-refractivity contribution in [3.63, 3.8) is 0 Å². The van der Waals surface area contributed by atoms with Gasteiger partial charge in [0.2, 0.25) is 0 Å². The molecule has 4 nitrogen and oxygen atoms in total. The number of carbonyl (C=O) groups is 1. The Hall–Kier alpha value is -1.55. The van der Waals surface area contributed by atoms with Crippen molar-refractivity contribution >= 4 is 5.91 Å². The molecule has 1 saturated heterocycles. The van der Waals surface area contributed by atoms with Crippen molar-refractivity contribution in [3.8, 4) is 5.75 Å². The molecule has 0 aliphatic carbocycles. The van der Waals surface area contributed by atoms with Crippen LogP contribution in [0.25, 0.3) is 0 Å². The van der Waals surface area contributed by atoms with E-state index in [0.29, 0.717) is 12.5 Å². The lowest BCUT2D eigenvalue weighted by atomic mass is 9.98. The third-order valence-corrected chi connectivity index (χ3v) is 3.99. The summed E-state index contributed by atoms with van der Waals surface area (Å²) in [5, 5.41) is 0. The summed E-state index contributed by atoms with van der Waals surface area (Å²) in [5.74, 6) is 1.28. The number of nitrogens with two attached hydrogens (primary N) is 1. The zero-order chi connectivity index (χ0) is 14.5.